The lowest BCUT2D eigenvalue weighted by atomic mass is 10.1. The van der Waals surface area contributed by atoms with Crippen molar-refractivity contribution in [3.8, 4) is 0 Å². The predicted molar refractivity (Wildman–Crippen MR) is 151 cm³/mol. The highest BCUT2D eigenvalue weighted by Crippen LogP contribution is 2.29. The fourth-order valence-corrected chi connectivity index (χ4v) is 4.13. The van der Waals surface area contributed by atoms with E-state index in [2.05, 4.69) is 19.9 Å². The van der Waals surface area contributed by atoms with Crippen LogP contribution in [0.25, 0.3) is 21.9 Å². The van der Waals surface area contributed by atoms with E-state index < -0.39 is 23.3 Å². The molecule has 3 rings (SSSR count). The van der Waals surface area contributed by atoms with Crippen molar-refractivity contribution in [1.82, 2.24) is 24.8 Å². The fourth-order valence-electron chi connectivity index (χ4n) is 4.13. The number of nitrogens with two attached hydrogens (primary N) is 1. The fraction of sp³-hybridized carbons (Fsp3) is 0.519. The summed E-state index contributed by atoms with van der Waals surface area (Å²) in [7, 11) is 0. The van der Waals surface area contributed by atoms with Crippen molar-refractivity contribution in [3.05, 3.63) is 30.1 Å². The van der Waals surface area contributed by atoms with Crippen molar-refractivity contribution < 1.29 is 24.2 Å². The van der Waals surface area contributed by atoms with E-state index in [0.29, 0.717) is 49.9 Å². The number of carboxylic acid groups (broad SMARTS) is 1. The lowest BCUT2D eigenvalue weighted by molar-refractivity contribution is 0.0241. The van der Waals surface area contributed by atoms with Crippen LogP contribution in [0.5, 0.6) is 0 Å². The summed E-state index contributed by atoms with van der Waals surface area (Å²) in [4.78, 5) is 38.7. The van der Waals surface area contributed by atoms with Gasteiger partial charge in [0.1, 0.15) is 23.5 Å². The van der Waals surface area contributed by atoms with Crippen molar-refractivity contribution in [2.45, 2.75) is 79.2 Å². The molecule has 12 heteroatoms. The molecule has 2 aromatic heterocycles. The van der Waals surface area contributed by atoms with Gasteiger partial charge in [0.15, 0.2) is 5.82 Å². The number of aryl methyl sites for hydroxylation is 1. The Bertz CT molecular complexity index is 1370. The van der Waals surface area contributed by atoms with Crippen LogP contribution in [-0.4, -0.2) is 67.0 Å². The van der Waals surface area contributed by atoms with Crippen LogP contribution in [0.3, 0.4) is 0 Å². The summed E-state index contributed by atoms with van der Waals surface area (Å²) in [6, 6.07) is 7.72. The number of nitrogens with zero attached hydrogens (tertiary/aromatic N) is 5. The number of pyridine rings is 1. The largest absolute Gasteiger partial charge is 0.463 e. The molecule has 0 aliphatic carbocycles. The third-order valence-corrected chi connectivity index (χ3v) is 5.63. The van der Waals surface area contributed by atoms with E-state index in [-0.39, 0.29) is 5.96 Å². The zero-order valence-electron chi connectivity index (χ0n) is 23.7. The second-order valence-electron chi connectivity index (χ2n) is 11.0. The quantitative estimate of drug-likeness (QED) is 0.218. The molecule has 0 saturated heterocycles. The van der Waals surface area contributed by atoms with Crippen LogP contribution >= 0.6 is 0 Å². The van der Waals surface area contributed by atoms with Gasteiger partial charge in [0, 0.05) is 30.6 Å². The summed E-state index contributed by atoms with van der Waals surface area (Å²) in [6.45, 7) is 14.1. The molecule has 0 atom stereocenters. The number of nitrogen functional groups attached to an aromatic ring is 1. The molecule has 2 heterocycles. The van der Waals surface area contributed by atoms with Crippen molar-refractivity contribution >= 4 is 45.9 Å². The Hall–Kier alpha value is -3.93. The number of benzene rings is 1. The monoisotopic (exact) mass is 541 g/mol. The smallest absolute Gasteiger partial charge is 0.434 e. The van der Waals surface area contributed by atoms with Crippen LogP contribution in [0.15, 0.2) is 29.3 Å². The Labute approximate surface area is 228 Å². The first-order chi connectivity index (χ1) is 18.2. The van der Waals surface area contributed by atoms with Gasteiger partial charge in [0.05, 0.1) is 11.0 Å². The molecular formula is C27H39N7O5. The number of aliphatic imine (C=N–C) groups is 1. The summed E-state index contributed by atoms with van der Waals surface area (Å²) < 4.78 is 13.3. The van der Waals surface area contributed by atoms with Crippen LogP contribution in [0.1, 0.15) is 60.7 Å². The van der Waals surface area contributed by atoms with Crippen molar-refractivity contribution in [2.24, 2.45) is 4.99 Å². The lowest BCUT2D eigenvalue weighted by Gasteiger charge is -2.37. The van der Waals surface area contributed by atoms with Crippen LogP contribution in [0.4, 0.5) is 15.4 Å². The molecule has 0 aliphatic heterocycles. The van der Waals surface area contributed by atoms with Crippen molar-refractivity contribution in [1.29, 1.82) is 0 Å². The molecule has 1 aromatic carbocycles. The van der Waals surface area contributed by atoms with Gasteiger partial charge in [-0.05, 0) is 61.0 Å². The average Bonchev–Trinajstić information content (AvgIpc) is 3.17. The molecule has 0 saturated carbocycles. The molecule has 2 amide bonds. The zero-order valence-corrected chi connectivity index (χ0v) is 23.7. The number of fused-ring (bicyclic) bond motifs is 3. The molecule has 0 unspecified atom stereocenters. The van der Waals surface area contributed by atoms with Gasteiger partial charge in [-0.1, -0.05) is 18.2 Å². The van der Waals surface area contributed by atoms with E-state index in [4.69, 9.17) is 20.2 Å². The van der Waals surface area contributed by atoms with E-state index in [1.165, 1.54) is 4.90 Å². The molecule has 0 spiro atoms. The van der Waals surface area contributed by atoms with Gasteiger partial charge < -0.3 is 30.2 Å². The molecule has 4 N–H and O–H groups in total. The van der Waals surface area contributed by atoms with E-state index in [1.54, 1.807) is 41.5 Å². The van der Waals surface area contributed by atoms with Gasteiger partial charge in [0.25, 0.3) is 0 Å². The summed E-state index contributed by atoms with van der Waals surface area (Å²) in [6.07, 6.45) is -1.58. The SMILES string of the molecule is CCOCc1nc2c(N)nc3ccccc3c2n1CCCNC(=NC(=O)O)N(C(=O)OC(C)(C)C)C(C)(C)C. The number of anilines is 1. The van der Waals surface area contributed by atoms with Gasteiger partial charge >= 0.3 is 12.2 Å². The molecule has 39 heavy (non-hydrogen) atoms. The molecule has 3 aromatic rings. The minimum atomic E-state index is -1.43. The van der Waals surface area contributed by atoms with Crippen LogP contribution in [-0.2, 0) is 22.6 Å². The summed E-state index contributed by atoms with van der Waals surface area (Å²) in [5.74, 6) is 0.946. The highest BCUT2D eigenvalue weighted by atomic mass is 16.6. The zero-order chi connectivity index (χ0) is 29.0. The van der Waals surface area contributed by atoms with E-state index in [0.717, 1.165) is 16.4 Å². The standard InChI is InChI=1S/C27H39N7O5/c1-8-38-16-19-31-20-21(17-12-9-10-13-18(17)30-22(20)28)33(19)15-11-14-29-23(32-24(35)36)34(26(2,3)4)25(37)39-27(5,6)7/h9-10,12-13H,8,11,14-16H2,1-7H3,(H2,28,30)(H,29,32)(H,35,36). The van der Waals surface area contributed by atoms with Gasteiger partial charge in [0.2, 0.25) is 5.96 Å². The Morgan fingerprint density at radius 3 is 2.46 bits per heavy atom. The third kappa shape index (κ3) is 7.34. The number of aromatic nitrogens is 3. The van der Waals surface area contributed by atoms with Crippen molar-refractivity contribution in [2.75, 3.05) is 18.9 Å². The number of rotatable bonds is 7. The van der Waals surface area contributed by atoms with Gasteiger partial charge in [-0.15, -0.1) is 4.99 Å². The summed E-state index contributed by atoms with van der Waals surface area (Å²) in [5, 5.41) is 13.4. The number of hydrogen-bond acceptors (Lipinski definition) is 7. The number of amides is 2. The first kappa shape index (κ1) is 29.6. The van der Waals surface area contributed by atoms with Gasteiger partial charge in [-0.25, -0.2) is 24.5 Å². The van der Waals surface area contributed by atoms with Crippen LogP contribution in [0, 0.1) is 0 Å². The van der Waals surface area contributed by atoms with E-state index in [9.17, 15) is 14.7 Å². The Kier molecular flexibility index (Phi) is 9.00. The number of hydrogen-bond donors (Lipinski definition) is 3. The number of carbonyl (C=O) groups excluding carboxylic acids is 1. The molecular weight excluding hydrogens is 502 g/mol. The first-order valence-corrected chi connectivity index (χ1v) is 12.9. The topological polar surface area (TPSA) is 157 Å². The first-order valence-electron chi connectivity index (χ1n) is 12.9. The number of guanidine groups is 1. The Balaban J connectivity index is 1.90. The minimum absolute atomic E-state index is 0.104. The molecule has 0 aliphatic rings. The minimum Gasteiger partial charge on any atom is -0.463 e. The highest BCUT2D eigenvalue weighted by Gasteiger charge is 2.35. The second-order valence-corrected chi connectivity index (χ2v) is 11.0. The summed E-state index contributed by atoms with van der Waals surface area (Å²) in [5.41, 5.74) is 6.91. The summed E-state index contributed by atoms with van der Waals surface area (Å²) >= 11 is 0. The number of ether oxygens (including phenoxy) is 2. The maximum Gasteiger partial charge on any atom is 0.434 e. The number of carbonyl (C=O) groups is 2. The number of imidazole rings is 1. The Morgan fingerprint density at radius 2 is 1.85 bits per heavy atom. The third-order valence-electron chi connectivity index (χ3n) is 5.63. The van der Waals surface area contributed by atoms with Crippen LogP contribution in [0.2, 0.25) is 0 Å². The lowest BCUT2D eigenvalue weighted by Crippen LogP contribution is -2.56. The second kappa shape index (κ2) is 11.9. The maximum absolute atomic E-state index is 13.0. The normalized spacial score (nSPS) is 12.6. The molecule has 0 bridgehead atoms. The molecule has 0 fully saturated rings. The van der Waals surface area contributed by atoms with E-state index >= 15 is 0 Å². The molecule has 12 nitrogen and oxygen atoms in total. The highest BCUT2D eigenvalue weighted by molar-refractivity contribution is 6.06. The van der Waals surface area contributed by atoms with Gasteiger partial charge in [-0.2, -0.15) is 0 Å². The van der Waals surface area contributed by atoms with Crippen LogP contribution < -0.4 is 11.1 Å². The van der Waals surface area contributed by atoms with Crippen molar-refractivity contribution in [3.63, 3.8) is 0 Å². The predicted octanol–water partition coefficient (Wildman–Crippen LogP) is 4.75. The molecule has 0 radical (unpaired) electrons. The van der Waals surface area contributed by atoms with E-state index in [1.807, 2.05) is 31.2 Å². The van der Waals surface area contributed by atoms with Gasteiger partial charge in [-0.3, -0.25) is 0 Å². The number of nitrogens with one attached hydrogen (secondary N) is 1. The molecule has 212 valence electrons. The Morgan fingerprint density at radius 1 is 1.15 bits per heavy atom. The maximum atomic E-state index is 13.0. The average molecular weight is 542 g/mol. The number of para-hydroxylation sites is 1.